The smallest absolute Gasteiger partial charge is 0.222 e. The normalized spacial score (nSPS) is 28.6. The van der Waals surface area contributed by atoms with Crippen molar-refractivity contribution in [3.05, 3.63) is 0 Å². The summed E-state index contributed by atoms with van der Waals surface area (Å²) >= 11 is 0. The van der Waals surface area contributed by atoms with E-state index >= 15 is 0 Å². The summed E-state index contributed by atoms with van der Waals surface area (Å²) in [4.78, 5) is 14.2. The van der Waals surface area contributed by atoms with Crippen LogP contribution in [0.5, 0.6) is 0 Å². The van der Waals surface area contributed by atoms with Crippen molar-refractivity contribution in [2.45, 2.75) is 44.6 Å². The van der Waals surface area contributed by atoms with Crippen LogP contribution in [0.25, 0.3) is 0 Å². The van der Waals surface area contributed by atoms with Gasteiger partial charge < -0.3 is 15.0 Å². The van der Waals surface area contributed by atoms with E-state index in [2.05, 4.69) is 10.2 Å². The van der Waals surface area contributed by atoms with Gasteiger partial charge >= 0.3 is 0 Å². The van der Waals surface area contributed by atoms with Gasteiger partial charge in [0.05, 0.1) is 6.10 Å². The fourth-order valence-electron chi connectivity index (χ4n) is 3.06. The van der Waals surface area contributed by atoms with Crippen molar-refractivity contribution in [2.24, 2.45) is 5.92 Å². The van der Waals surface area contributed by atoms with Gasteiger partial charge in [-0.05, 0) is 51.6 Å². The molecule has 2 rings (SSSR count). The number of hydrogen-bond acceptors (Lipinski definition) is 3. The molecule has 104 valence electrons. The second-order valence-corrected chi connectivity index (χ2v) is 5.58. The maximum atomic E-state index is 12.2. The number of rotatable bonds is 5. The Morgan fingerprint density at radius 2 is 2.28 bits per heavy atom. The van der Waals surface area contributed by atoms with Crippen LogP contribution in [0.2, 0.25) is 0 Å². The van der Waals surface area contributed by atoms with Crippen LogP contribution in [0.15, 0.2) is 0 Å². The average molecular weight is 254 g/mol. The largest absolute Gasteiger partial charge is 0.378 e. The Hall–Kier alpha value is -0.610. The number of piperidine rings is 1. The highest BCUT2D eigenvalue weighted by Gasteiger charge is 2.24. The molecule has 0 radical (unpaired) electrons. The first kappa shape index (κ1) is 13.8. The molecule has 4 heteroatoms. The van der Waals surface area contributed by atoms with Crippen molar-refractivity contribution >= 4 is 5.91 Å². The highest BCUT2D eigenvalue weighted by molar-refractivity contribution is 5.76. The molecule has 0 aromatic heterocycles. The molecule has 0 aromatic rings. The third-order valence-electron chi connectivity index (χ3n) is 4.07. The molecule has 2 aliphatic heterocycles. The molecular weight excluding hydrogens is 228 g/mol. The molecule has 4 nitrogen and oxygen atoms in total. The third kappa shape index (κ3) is 3.95. The summed E-state index contributed by atoms with van der Waals surface area (Å²) in [6.07, 6.45) is 6.60. The number of likely N-dealkylation sites (tertiary alicyclic amines) is 1. The highest BCUT2D eigenvalue weighted by Crippen LogP contribution is 2.20. The lowest BCUT2D eigenvalue weighted by Crippen LogP contribution is -2.42. The first-order valence-electron chi connectivity index (χ1n) is 7.33. The fourth-order valence-corrected chi connectivity index (χ4v) is 3.06. The van der Waals surface area contributed by atoms with E-state index in [9.17, 15) is 4.79 Å². The van der Waals surface area contributed by atoms with Crippen molar-refractivity contribution in [1.29, 1.82) is 0 Å². The van der Waals surface area contributed by atoms with Gasteiger partial charge in [0.25, 0.3) is 0 Å². The summed E-state index contributed by atoms with van der Waals surface area (Å²) in [5.41, 5.74) is 0. The van der Waals surface area contributed by atoms with Crippen LogP contribution in [0.3, 0.4) is 0 Å². The number of carbonyl (C=O) groups excluding carboxylic acids is 1. The molecule has 1 N–H and O–H groups in total. The molecule has 18 heavy (non-hydrogen) atoms. The van der Waals surface area contributed by atoms with E-state index in [1.807, 2.05) is 7.05 Å². The molecule has 2 unspecified atom stereocenters. The summed E-state index contributed by atoms with van der Waals surface area (Å²) in [5.74, 6) is 0.960. The van der Waals surface area contributed by atoms with E-state index < -0.39 is 0 Å². The summed E-state index contributed by atoms with van der Waals surface area (Å²) in [6.45, 7) is 3.79. The molecule has 2 atom stereocenters. The monoisotopic (exact) mass is 254 g/mol. The van der Waals surface area contributed by atoms with Crippen molar-refractivity contribution < 1.29 is 9.53 Å². The van der Waals surface area contributed by atoms with Crippen LogP contribution in [0.1, 0.15) is 38.5 Å². The topological polar surface area (TPSA) is 41.6 Å². The number of nitrogens with one attached hydrogen (secondary N) is 1. The maximum Gasteiger partial charge on any atom is 0.222 e. The Bertz CT molecular complexity index is 263. The molecule has 2 saturated heterocycles. The van der Waals surface area contributed by atoms with Crippen LogP contribution >= 0.6 is 0 Å². The lowest BCUT2D eigenvalue weighted by atomic mass is 9.97. The van der Waals surface area contributed by atoms with E-state index in [0.29, 0.717) is 24.3 Å². The van der Waals surface area contributed by atoms with Crippen LogP contribution in [-0.4, -0.2) is 50.2 Å². The number of carbonyl (C=O) groups is 1. The molecule has 0 aromatic carbocycles. The van der Waals surface area contributed by atoms with E-state index in [4.69, 9.17) is 4.74 Å². The Labute approximate surface area is 110 Å². The summed E-state index contributed by atoms with van der Waals surface area (Å²) in [7, 11) is 1.98. The standard InChI is InChI=1S/C14H26N2O2/c1-15-10-12-4-2-8-16(11-12)14(17)7-6-13-5-3-9-18-13/h12-13,15H,2-11H2,1H3. The van der Waals surface area contributed by atoms with Gasteiger partial charge in [-0.25, -0.2) is 0 Å². The minimum atomic E-state index is 0.325. The van der Waals surface area contributed by atoms with Gasteiger partial charge in [-0.3, -0.25) is 4.79 Å². The zero-order valence-corrected chi connectivity index (χ0v) is 11.5. The predicted molar refractivity (Wildman–Crippen MR) is 71.4 cm³/mol. The molecular formula is C14H26N2O2. The molecule has 0 spiro atoms. The van der Waals surface area contributed by atoms with Gasteiger partial charge in [-0.1, -0.05) is 0 Å². The Balaban J connectivity index is 1.70. The summed E-state index contributed by atoms with van der Waals surface area (Å²) in [5, 5.41) is 3.22. The van der Waals surface area contributed by atoms with Crippen molar-refractivity contribution in [3.63, 3.8) is 0 Å². The highest BCUT2D eigenvalue weighted by atomic mass is 16.5. The van der Waals surface area contributed by atoms with E-state index in [0.717, 1.165) is 51.9 Å². The van der Waals surface area contributed by atoms with Crippen molar-refractivity contribution in [3.8, 4) is 0 Å². The first-order chi connectivity index (χ1) is 8.79. The van der Waals surface area contributed by atoms with Gasteiger partial charge in [-0.2, -0.15) is 0 Å². The number of hydrogen-bond donors (Lipinski definition) is 1. The van der Waals surface area contributed by atoms with Crippen LogP contribution < -0.4 is 5.32 Å². The second-order valence-electron chi connectivity index (χ2n) is 5.58. The van der Waals surface area contributed by atoms with E-state index in [1.165, 1.54) is 6.42 Å². The molecule has 0 aliphatic carbocycles. The van der Waals surface area contributed by atoms with Gasteiger partial charge in [0.2, 0.25) is 5.91 Å². The molecule has 0 bridgehead atoms. The van der Waals surface area contributed by atoms with Gasteiger partial charge in [0.15, 0.2) is 0 Å². The molecule has 2 fully saturated rings. The minimum absolute atomic E-state index is 0.325. The molecule has 2 heterocycles. The SMILES string of the molecule is CNCC1CCCN(C(=O)CCC2CCCO2)C1. The maximum absolute atomic E-state index is 12.2. The Kier molecular flexibility index (Phi) is 5.45. The average Bonchev–Trinajstić information content (AvgIpc) is 2.90. The lowest BCUT2D eigenvalue weighted by Gasteiger charge is -2.33. The zero-order chi connectivity index (χ0) is 12.8. The van der Waals surface area contributed by atoms with Crippen LogP contribution in [-0.2, 0) is 9.53 Å². The van der Waals surface area contributed by atoms with Gasteiger partial charge in [-0.15, -0.1) is 0 Å². The van der Waals surface area contributed by atoms with E-state index in [-0.39, 0.29) is 0 Å². The molecule has 2 aliphatic rings. The van der Waals surface area contributed by atoms with Crippen molar-refractivity contribution in [1.82, 2.24) is 10.2 Å². The minimum Gasteiger partial charge on any atom is -0.378 e. The molecule has 0 saturated carbocycles. The Morgan fingerprint density at radius 3 is 3.00 bits per heavy atom. The van der Waals surface area contributed by atoms with E-state index in [1.54, 1.807) is 0 Å². The zero-order valence-electron chi connectivity index (χ0n) is 11.5. The van der Waals surface area contributed by atoms with Gasteiger partial charge in [0, 0.05) is 26.1 Å². The van der Waals surface area contributed by atoms with Crippen molar-refractivity contribution in [2.75, 3.05) is 33.3 Å². The summed E-state index contributed by atoms with van der Waals surface area (Å²) in [6, 6.07) is 0. The number of amides is 1. The second kappa shape index (κ2) is 7.10. The third-order valence-corrected chi connectivity index (χ3v) is 4.07. The quantitative estimate of drug-likeness (QED) is 0.806. The first-order valence-corrected chi connectivity index (χ1v) is 7.33. The Morgan fingerprint density at radius 1 is 1.39 bits per heavy atom. The van der Waals surface area contributed by atoms with Gasteiger partial charge in [0.1, 0.15) is 0 Å². The van der Waals surface area contributed by atoms with Crippen LogP contribution in [0, 0.1) is 5.92 Å². The molecule has 1 amide bonds. The van der Waals surface area contributed by atoms with Crippen LogP contribution in [0.4, 0.5) is 0 Å². The number of nitrogens with zero attached hydrogens (tertiary/aromatic N) is 1. The summed E-state index contributed by atoms with van der Waals surface area (Å²) < 4.78 is 5.57. The lowest BCUT2D eigenvalue weighted by molar-refractivity contribution is -0.133. The number of ether oxygens (including phenoxy) is 1. The fraction of sp³-hybridized carbons (Fsp3) is 0.929. The predicted octanol–water partition coefficient (Wildman–Crippen LogP) is 1.40.